The first-order chi connectivity index (χ1) is 10.3. The predicted molar refractivity (Wildman–Crippen MR) is 88.2 cm³/mol. The van der Waals surface area contributed by atoms with E-state index in [9.17, 15) is 8.42 Å². The van der Waals surface area contributed by atoms with Crippen molar-refractivity contribution in [1.29, 1.82) is 0 Å². The number of halogens is 2. The van der Waals surface area contributed by atoms with Crippen molar-refractivity contribution in [2.24, 2.45) is 0 Å². The summed E-state index contributed by atoms with van der Waals surface area (Å²) in [5, 5.41) is 0.838. The van der Waals surface area contributed by atoms with Crippen LogP contribution in [0.5, 0.6) is 5.75 Å². The smallest absolute Gasteiger partial charge is 0.241 e. The first-order valence-corrected chi connectivity index (χ1v) is 8.69. The lowest BCUT2D eigenvalue weighted by Crippen LogP contribution is -2.26. The van der Waals surface area contributed by atoms with E-state index in [1.54, 1.807) is 31.2 Å². The minimum absolute atomic E-state index is 0.0825. The number of methoxy groups -OCH3 is 1. The molecule has 0 saturated carbocycles. The summed E-state index contributed by atoms with van der Waals surface area (Å²) in [6.45, 7) is 1.76. The van der Waals surface area contributed by atoms with Gasteiger partial charge in [-0.25, -0.2) is 13.1 Å². The average molecular weight is 360 g/mol. The largest absolute Gasteiger partial charge is 0.495 e. The number of benzene rings is 2. The molecule has 0 saturated heterocycles. The van der Waals surface area contributed by atoms with Gasteiger partial charge in [0, 0.05) is 11.1 Å². The van der Waals surface area contributed by atoms with Crippen LogP contribution in [0.3, 0.4) is 0 Å². The maximum absolute atomic E-state index is 12.4. The van der Waals surface area contributed by atoms with E-state index in [2.05, 4.69) is 4.72 Å². The second kappa shape index (κ2) is 6.87. The molecule has 0 radical (unpaired) electrons. The average Bonchev–Trinajstić information content (AvgIpc) is 2.47. The van der Waals surface area contributed by atoms with Gasteiger partial charge in [0.05, 0.1) is 17.0 Å². The molecule has 0 fully saturated rings. The van der Waals surface area contributed by atoms with Crippen molar-refractivity contribution in [1.82, 2.24) is 4.72 Å². The van der Waals surface area contributed by atoms with E-state index in [1.807, 2.05) is 0 Å². The van der Waals surface area contributed by atoms with E-state index in [-0.39, 0.29) is 9.92 Å². The lowest BCUT2D eigenvalue weighted by molar-refractivity contribution is 0.414. The summed E-state index contributed by atoms with van der Waals surface area (Å²) < 4.78 is 32.4. The highest BCUT2D eigenvalue weighted by atomic mass is 35.5. The summed E-state index contributed by atoms with van der Waals surface area (Å²) in [6, 6.07) is 10.9. The van der Waals surface area contributed by atoms with Crippen molar-refractivity contribution < 1.29 is 13.2 Å². The Morgan fingerprint density at radius 2 is 1.73 bits per heavy atom. The third-order valence-corrected chi connectivity index (χ3v) is 5.22. The van der Waals surface area contributed by atoms with Crippen LogP contribution in [-0.4, -0.2) is 15.5 Å². The van der Waals surface area contributed by atoms with Crippen LogP contribution < -0.4 is 9.46 Å². The van der Waals surface area contributed by atoms with E-state index >= 15 is 0 Å². The summed E-state index contributed by atoms with van der Waals surface area (Å²) in [4.78, 5) is 0.0825. The molecule has 0 aromatic heterocycles. The standard InChI is InChI=1S/C15H15Cl2NO3S/c1-10(11-3-5-12(16)6-4-11)18-22(19,20)13-7-8-15(21-2)14(17)9-13/h3-10,18H,1-2H3/t10-/m1/s1. The van der Waals surface area contributed by atoms with Gasteiger partial charge in [-0.2, -0.15) is 0 Å². The molecule has 22 heavy (non-hydrogen) atoms. The van der Waals surface area contributed by atoms with Crippen LogP contribution in [0.2, 0.25) is 10.0 Å². The van der Waals surface area contributed by atoms with Crippen LogP contribution in [0, 0.1) is 0 Å². The fourth-order valence-electron chi connectivity index (χ4n) is 1.93. The maximum atomic E-state index is 12.4. The second-order valence-corrected chi connectivity index (χ2v) is 7.25. The molecular formula is C15H15Cl2NO3S. The fraction of sp³-hybridized carbons (Fsp3) is 0.200. The summed E-state index contributed by atoms with van der Waals surface area (Å²) in [7, 11) is -2.22. The number of sulfonamides is 1. The molecule has 1 N–H and O–H groups in total. The van der Waals surface area contributed by atoms with Crippen molar-refractivity contribution in [3.05, 3.63) is 58.1 Å². The summed E-state index contributed by atoms with van der Waals surface area (Å²) in [6.07, 6.45) is 0. The van der Waals surface area contributed by atoms with E-state index in [1.165, 1.54) is 25.3 Å². The van der Waals surface area contributed by atoms with Crippen LogP contribution in [-0.2, 0) is 10.0 Å². The van der Waals surface area contributed by atoms with Crippen molar-refractivity contribution in [3.63, 3.8) is 0 Å². The lowest BCUT2D eigenvalue weighted by atomic mass is 10.1. The molecule has 2 aromatic carbocycles. The van der Waals surface area contributed by atoms with Crippen molar-refractivity contribution >= 4 is 33.2 Å². The molecule has 4 nitrogen and oxygen atoms in total. The number of hydrogen-bond donors (Lipinski definition) is 1. The lowest BCUT2D eigenvalue weighted by Gasteiger charge is -2.15. The van der Waals surface area contributed by atoms with Crippen molar-refractivity contribution in [2.45, 2.75) is 17.9 Å². The molecule has 7 heteroatoms. The van der Waals surface area contributed by atoms with E-state index in [4.69, 9.17) is 27.9 Å². The molecule has 0 spiro atoms. The van der Waals surface area contributed by atoms with E-state index in [0.29, 0.717) is 10.8 Å². The molecule has 0 aliphatic heterocycles. The molecule has 0 amide bonds. The second-order valence-electron chi connectivity index (χ2n) is 4.69. The first-order valence-electron chi connectivity index (χ1n) is 6.45. The maximum Gasteiger partial charge on any atom is 0.241 e. The van der Waals surface area contributed by atoms with Crippen molar-refractivity contribution in [3.8, 4) is 5.75 Å². The zero-order chi connectivity index (χ0) is 16.3. The highest BCUT2D eigenvalue weighted by Crippen LogP contribution is 2.27. The highest BCUT2D eigenvalue weighted by molar-refractivity contribution is 7.89. The molecule has 0 aliphatic carbocycles. The van der Waals surface area contributed by atoms with Crippen LogP contribution >= 0.6 is 23.2 Å². The van der Waals surface area contributed by atoms with Gasteiger partial charge in [0.25, 0.3) is 0 Å². The van der Waals surface area contributed by atoms with Crippen LogP contribution in [0.1, 0.15) is 18.5 Å². The molecule has 0 aliphatic rings. The van der Waals surface area contributed by atoms with Gasteiger partial charge in [0.1, 0.15) is 5.75 Å². The van der Waals surface area contributed by atoms with E-state index in [0.717, 1.165) is 5.56 Å². The molecule has 1 atom stereocenters. The van der Waals surface area contributed by atoms with Crippen LogP contribution in [0.15, 0.2) is 47.4 Å². The molecule has 0 bridgehead atoms. The summed E-state index contributed by atoms with van der Waals surface area (Å²) >= 11 is 11.8. The van der Waals surface area contributed by atoms with Gasteiger partial charge < -0.3 is 4.74 Å². The molecule has 0 heterocycles. The van der Waals surface area contributed by atoms with Gasteiger partial charge in [-0.15, -0.1) is 0 Å². The molecule has 2 aromatic rings. The molecule has 2 rings (SSSR count). The number of rotatable bonds is 5. The normalized spacial score (nSPS) is 12.9. The zero-order valence-electron chi connectivity index (χ0n) is 12.0. The number of ether oxygens (including phenoxy) is 1. The minimum atomic E-state index is -3.69. The Balaban J connectivity index is 2.23. The Labute approximate surface area is 140 Å². The van der Waals surface area contributed by atoms with Crippen LogP contribution in [0.4, 0.5) is 0 Å². The SMILES string of the molecule is COc1ccc(S(=O)(=O)N[C@H](C)c2ccc(Cl)cc2)cc1Cl. The third kappa shape index (κ3) is 3.93. The Morgan fingerprint density at radius 1 is 1.09 bits per heavy atom. The number of hydrogen-bond acceptors (Lipinski definition) is 3. The van der Waals surface area contributed by atoms with Gasteiger partial charge >= 0.3 is 0 Å². The van der Waals surface area contributed by atoms with Gasteiger partial charge in [-0.05, 0) is 42.8 Å². The molecular weight excluding hydrogens is 345 g/mol. The third-order valence-electron chi connectivity index (χ3n) is 3.14. The first kappa shape index (κ1) is 17.1. The highest BCUT2D eigenvalue weighted by Gasteiger charge is 2.19. The fourth-order valence-corrected chi connectivity index (χ4v) is 3.64. The Hall–Kier alpha value is -1.27. The van der Waals surface area contributed by atoms with E-state index < -0.39 is 16.1 Å². The van der Waals surface area contributed by atoms with Gasteiger partial charge in [0.15, 0.2) is 0 Å². The molecule has 0 unspecified atom stereocenters. The predicted octanol–water partition coefficient (Wildman–Crippen LogP) is 4.04. The van der Waals surface area contributed by atoms with Gasteiger partial charge in [0.2, 0.25) is 10.0 Å². The van der Waals surface area contributed by atoms with Gasteiger partial charge in [-0.1, -0.05) is 35.3 Å². The Morgan fingerprint density at radius 3 is 2.27 bits per heavy atom. The Bertz CT molecular complexity index is 761. The Kier molecular flexibility index (Phi) is 5.34. The minimum Gasteiger partial charge on any atom is -0.495 e. The topological polar surface area (TPSA) is 55.4 Å². The van der Waals surface area contributed by atoms with Crippen LogP contribution in [0.25, 0.3) is 0 Å². The number of nitrogens with one attached hydrogen (secondary N) is 1. The zero-order valence-corrected chi connectivity index (χ0v) is 14.3. The summed E-state index contributed by atoms with van der Waals surface area (Å²) in [5.41, 5.74) is 0.813. The molecule has 118 valence electrons. The monoisotopic (exact) mass is 359 g/mol. The van der Waals surface area contributed by atoms with Gasteiger partial charge in [-0.3, -0.25) is 0 Å². The quantitative estimate of drug-likeness (QED) is 0.876. The summed E-state index contributed by atoms with van der Waals surface area (Å²) in [5.74, 6) is 0.423. The van der Waals surface area contributed by atoms with Crippen molar-refractivity contribution in [2.75, 3.05) is 7.11 Å².